The quantitative estimate of drug-likeness (QED) is 0.788. The van der Waals surface area contributed by atoms with E-state index in [1.807, 2.05) is 20.8 Å². The summed E-state index contributed by atoms with van der Waals surface area (Å²) in [6.07, 6.45) is 0. The highest BCUT2D eigenvalue weighted by Crippen LogP contribution is 2.36. The van der Waals surface area contributed by atoms with Crippen LogP contribution in [0.4, 0.5) is 0 Å². The molecule has 0 fully saturated rings. The molecule has 96 valence electrons. The summed E-state index contributed by atoms with van der Waals surface area (Å²) < 4.78 is 10.4. The third-order valence-corrected chi connectivity index (χ3v) is 2.85. The Morgan fingerprint density at radius 1 is 1.22 bits per heavy atom. The van der Waals surface area contributed by atoms with Gasteiger partial charge in [-0.25, -0.2) is 4.79 Å². The normalized spacial score (nSPS) is 11.8. The van der Waals surface area contributed by atoms with Crippen LogP contribution in [0.5, 0.6) is 11.5 Å². The molecule has 0 amide bonds. The predicted molar refractivity (Wildman–Crippen MR) is 69.4 cm³/mol. The van der Waals surface area contributed by atoms with Crippen LogP contribution < -0.4 is 10.4 Å². The monoisotopic (exact) mass is 248 g/mol. The van der Waals surface area contributed by atoms with Gasteiger partial charge in [-0.2, -0.15) is 0 Å². The van der Waals surface area contributed by atoms with Gasteiger partial charge in [-0.15, -0.1) is 0 Å². The third-order valence-electron chi connectivity index (χ3n) is 2.85. The third kappa shape index (κ3) is 2.06. The van der Waals surface area contributed by atoms with E-state index >= 15 is 0 Å². The minimum absolute atomic E-state index is 0.0972. The Bertz CT molecular complexity index is 647. The van der Waals surface area contributed by atoms with Crippen LogP contribution in [0.2, 0.25) is 0 Å². The van der Waals surface area contributed by atoms with Gasteiger partial charge in [-0.05, 0) is 17.5 Å². The van der Waals surface area contributed by atoms with Crippen LogP contribution in [0.25, 0.3) is 11.0 Å². The Morgan fingerprint density at radius 2 is 1.89 bits per heavy atom. The van der Waals surface area contributed by atoms with E-state index in [4.69, 9.17) is 9.15 Å². The van der Waals surface area contributed by atoms with Gasteiger partial charge in [-0.3, -0.25) is 0 Å². The zero-order valence-corrected chi connectivity index (χ0v) is 10.9. The van der Waals surface area contributed by atoms with Gasteiger partial charge in [0.25, 0.3) is 0 Å². The minimum atomic E-state index is -0.565. The molecule has 18 heavy (non-hydrogen) atoms. The van der Waals surface area contributed by atoms with E-state index in [-0.39, 0.29) is 11.2 Å². The van der Waals surface area contributed by atoms with Crippen LogP contribution in [0.1, 0.15) is 26.3 Å². The number of benzene rings is 1. The molecule has 0 bridgehead atoms. The van der Waals surface area contributed by atoms with Crippen molar-refractivity contribution in [1.82, 2.24) is 0 Å². The fraction of sp³-hybridized carbons (Fsp3) is 0.357. The summed E-state index contributed by atoms with van der Waals surface area (Å²) in [6.45, 7) is 6.12. The van der Waals surface area contributed by atoms with Gasteiger partial charge in [-0.1, -0.05) is 20.8 Å². The van der Waals surface area contributed by atoms with Crippen molar-refractivity contribution >= 4 is 11.0 Å². The number of aromatic hydroxyl groups is 1. The summed E-state index contributed by atoms with van der Waals surface area (Å²) in [7, 11) is 1.58. The van der Waals surface area contributed by atoms with Gasteiger partial charge in [0.2, 0.25) is 0 Å². The second kappa shape index (κ2) is 4.05. The summed E-state index contributed by atoms with van der Waals surface area (Å²) in [5.74, 6) is 0.569. The first-order chi connectivity index (χ1) is 8.32. The smallest absolute Gasteiger partial charge is 0.339 e. The van der Waals surface area contributed by atoms with Gasteiger partial charge < -0.3 is 14.3 Å². The first kappa shape index (κ1) is 12.5. The highest BCUT2D eigenvalue weighted by Gasteiger charge is 2.21. The number of ether oxygens (including phenoxy) is 1. The molecule has 0 spiro atoms. The Labute approximate surface area is 105 Å². The van der Waals surface area contributed by atoms with Crippen molar-refractivity contribution < 1.29 is 14.3 Å². The second-order valence-corrected chi connectivity index (χ2v) is 5.25. The lowest BCUT2D eigenvalue weighted by Gasteiger charge is -2.22. The van der Waals surface area contributed by atoms with E-state index < -0.39 is 5.63 Å². The SMILES string of the molecule is COc1cc2c(O)cc(=O)oc2cc1C(C)(C)C. The van der Waals surface area contributed by atoms with Crippen molar-refractivity contribution in [3.8, 4) is 11.5 Å². The number of fused-ring (bicyclic) bond motifs is 1. The average Bonchev–Trinajstić information content (AvgIpc) is 2.26. The van der Waals surface area contributed by atoms with Crippen molar-refractivity contribution in [2.45, 2.75) is 26.2 Å². The molecule has 4 nitrogen and oxygen atoms in total. The molecule has 0 unspecified atom stereocenters. The van der Waals surface area contributed by atoms with E-state index in [0.29, 0.717) is 16.7 Å². The largest absolute Gasteiger partial charge is 0.507 e. The maximum absolute atomic E-state index is 11.3. The van der Waals surface area contributed by atoms with E-state index in [2.05, 4.69) is 0 Å². The molecule has 4 heteroatoms. The fourth-order valence-corrected chi connectivity index (χ4v) is 1.93. The summed E-state index contributed by atoms with van der Waals surface area (Å²) in [5.41, 5.74) is 0.575. The maximum atomic E-state index is 11.3. The van der Waals surface area contributed by atoms with E-state index in [0.717, 1.165) is 11.6 Å². The molecule has 0 aliphatic carbocycles. The van der Waals surface area contributed by atoms with Crippen LogP contribution in [0, 0.1) is 0 Å². The van der Waals surface area contributed by atoms with E-state index in [1.165, 1.54) is 0 Å². The zero-order chi connectivity index (χ0) is 13.5. The molecule has 0 radical (unpaired) electrons. The predicted octanol–water partition coefficient (Wildman–Crippen LogP) is 2.80. The number of hydrogen-bond donors (Lipinski definition) is 1. The zero-order valence-electron chi connectivity index (χ0n) is 10.9. The van der Waals surface area contributed by atoms with Crippen LogP contribution in [-0.4, -0.2) is 12.2 Å². The number of methoxy groups -OCH3 is 1. The highest BCUT2D eigenvalue weighted by molar-refractivity contribution is 5.85. The Kier molecular flexibility index (Phi) is 2.81. The molecule has 0 saturated heterocycles. The summed E-state index contributed by atoms with van der Waals surface area (Å²) in [6, 6.07) is 4.49. The molecule has 1 aromatic carbocycles. The average molecular weight is 248 g/mol. The van der Waals surface area contributed by atoms with Crippen molar-refractivity contribution in [2.24, 2.45) is 0 Å². The first-order valence-corrected chi connectivity index (χ1v) is 5.68. The van der Waals surface area contributed by atoms with Crippen LogP contribution in [-0.2, 0) is 5.41 Å². The molecule has 0 atom stereocenters. The lowest BCUT2D eigenvalue weighted by Crippen LogP contribution is -2.13. The highest BCUT2D eigenvalue weighted by atomic mass is 16.5. The molecule has 1 N–H and O–H groups in total. The molecule has 0 aliphatic heterocycles. The van der Waals surface area contributed by atoms with Gasteiger partial charge in [0.15, 0.2) is 0 Å². The van der Waals surface area contributed by atoms with E-state index in [9.17, 15) is 9.90 Å². The van der Waals surface area contributed by atoms with Gasteiger partial charge in [0, 0.05) is 5.56 Å². The summed E-state index contributed by atoms with van der Waals surface area (Å²) in [5, 5.41) is 10.2. The lowest BCUT2D eigenvalue weighted by molar-refractivity contribution is 0.397. The van der Waals surface area contributed by atoms with Gasteiger partial charge >= 0.3 is 5.63 Å². The fourth-order valence-electron chi connectivity index (χ4n) is 1.93. The van der Waals surface area contributed by atoms with Crippen LogP contribution in [0.3, 0.4) is 0 Å². The number of hydrogen-bond acceptors (Lipinski definition) is 4. The Morgan fingerprint density at radius 3 is 2.44 bits per heavy atom. The Hall–Kier alpha value is -1.97. The number of rotatable bonds is 1. The molecule has 1 heterocycles. The van der Waals surface area contributed by atoms with E-state index in [1.54, 1.807) is 19.2 Å². The van der Waals surface area contributed by atoms with Gasteiger partial charge in [0.1, 0.15) is 17.1 Å². The maximum Gasteiger partial charge on any atom is 0.339 e. The molecule has 2 rings (SSSR count). The molecule has 0 saturated carbocycles. The van der Waals surface area contributed by atoms with Crippen molar-refractivity contribution in [3.63, 3.8) is 0 Å². The van der Waals surface area contributed by atoms with Crippen LogP contribution in [0.15, 0.2) is 27.4 Å². The second-order valence-electron chi connectivity index (χ2n) is 5.25. The van der Waals surface area contributed by atoms with Crippen molar-refractivity contribution in [2.75, 3.05) is 7.11 Å². The lowest BCUT2D eigenvalue weighted by atomic mass is 9.86. The minimum Gasteiger partial charge on any atom is -0.507 e. The molecular formula is C14H16O4. The van der Waals surface area contributed by atoms with Crippen molar-refractivity contribution in [1.29, 1.82) is 0 Å². The Balaban J connectivity index is 2.86. The summed E-state index contributed by atoms with van der Waals surface area (Å²) in [4.78, 5) is 11.3. The topological polar surface area (TPSA) is 59.7 Å². The molecule has 1 aromatic heterocycles. The molecule has 0 aliphatic rings. The summed E-state index contributed by atoms with van der Waals surface area (Å²) >= 11 is 0. The molecular weight excluding hydrogens is 232 g/mol. The van der Waals surface area contributed by atoms with Crippen molar-refractivity contribution in [3.05, 3.63) is 34.2 Å². The molecule has 2 aromatic rings. The van der Waals surface area contributed by atoms with Crippen LogP contribution >= 0.6 is 0 Å². The standard InChI is InChI=1S/C14H16O4/c1-14(2,3)9-6-11-8(5-12(9)17-4)10(15)7-13(16)18-11/h5-7,15H,1-4H3. The first-order valence-electron chi connectivity index (χ1n) is 5.68. The van der Waals surface area contributed by atoms with Gasteiger partial charge in [0.05, 0.1) is 18.6 Å².